The van der Waals surface area contributed by atoms with Crippen molar-refractivity contribution < 1.29 is 22.7 Å². The van der Waals surface area contributed by atoms with Crippen LogP contribution in [0.4, 0.5) is 10.7 Å². The van der Waals surface area contributed by atoms with Gasteiger partial charge in [-0.25, -0.2) is 17.9 Å². The molecule has 0 atom stereocenters. The number of nitrogens with zero attached hydrogens (tertiary/aromatic N) is 3. The van der Waals surface area contributed by atoms with Crippen LogP contribution in [0.3, 0.4) is 0 Å². The van der Waals surface area contributed by atoms with Crippen molar-refractivity contribution in [3.05, 3.63) is 35.2 Å². The van der Waals surface area contributed by atoms with Crippen molar-refractivity contribution in [1.29, 1.82) is 0 Å². The molecule has 0 saturated heterocycles. The third-order valence-electron chi connectivity index (χ3n) is 3.39. The maximum atomic E-state index is 12.5. The number of anilines is 1. The third kappa shape index (κ3) is 3.67. The second-order valence-corrected chi connectivity index (χ2v) is 6.79. The Kier molecular flexibility index (Phi) is 4.51. The van der Waals surface area contributed by atoms with Crippen LogP contribution in [0.15, 0.2) is 23.1 Å². The Balaban J connectivity index is 1.79. The number of methoxy groups -OCH3 is 1. The zero-order chi connectivity index (χ0) is 18.0. The molecular formula is C14H15N5O5S. The Labute approximate surface area is 143 Å². The van der Waals surface area contributed by atoms with E-state index in [1.54, 1.807) is 19.1 Å². The number of urea groups is 1. The Hall–Kier alpha value is -2.79. The topological polar surface area (TPSA) is 132 Å². The van der Waals surface area contributed by atoms with Gasteiger partial charge < -0.3 is 9.47 Å². The SMILES string of the molecule is COc1nc(C)nc(NC(=O)NS(=O)(=O)c2cccc3c2COC3)n1. The molecule has 0 bridgehead atoms. The fourth-order valence-corrected chi connectivity index (χ4v) is 3.51. The van der Waals surface area contributed by atoms with Gasteiger partial charge in [0, 0.05) is 5.56 Å². The van der Waals surface area contributed by atoms with E-state index < -0.39 is 16.1 Å². The van der Waals surface area contributed by atoms with Crippen molar-refractivity contribution in [2.24, 2.45) is 0 Å². The highest BCUT2D eigenvalue weighted by atomic mass is 32.2. The largest absolute Gasteiger partial charge is 0.467 e. The second kappa shape index (κ2) is 6.61. The zero-order valence-corrected chi connectivity index (χ0v) is 14.3. The van der Waals surface area contributed by atoms with Gasteiger partial charge in [0.15, 0.2) is 0 Å². The van der Waals surface area contributed by atoms with Crippen molar-refractivity contribution in [1.82, 2.24) is 19.7 Å². The van der Waals surface area contributed by atoms with Gasteiger partial charge in [-0.2, -0.15) is 15.0 Å². The predicted octanol–water partition coefficient (Wildman–Crippen LogP) is 0.729. The van der Waals surface area contributed by atoms with Crippen LogP contribution < -0.4 is 14.8 Å². The highest BCUT2D eigenvalue weighted by Gasteiger charge is 2.25. The lowest BCUT2D eigenvalue weighted by atomic mass is 10.1. The average Bonchev–Trinajstić information content (AvgIpc) is 3.01. The molecule has 2 N–H and O–H groups in total. The van der Waals surface area contributed by atoms with Crippen molar-refractivity contribution in [3.63, 3.8) is 0 Å². The number of benzene rings is 1. The predicted molar refractivity (Wildman–Crippen MR) is 85.4 cm³/mol. The number of amides is 2. The summed E-state index contributed by atoms with van der Waals surface area (Å²) >= 11 is 0. The van der Waals surface area contributed by atoms with Gasteiger partial charge in [-0.15, -0.1) is 0 Å². The average molecular weight is 365 g/mol. The van der Waals surface area contributed by atoms with Gasteiger partial charge in [0.1, 0.15) is 5.82 Å². The number of carbonyl (C=O) groups excluding carboxylic acids is 1. The van der Waals surface area contributed by atoms with E-state index in [-0.39, 0.29) is 23.5 Å². The van der Waals surface area contributed by atoms with Crippen LogP contribution in [0.5, 0.6) is 6.01 Å². The summed E-state index contributed by atoms with van der Waals surface area (Å²) in [7, 11) is -2.71. The van der Waals surface area contributed by atoms with E-state index in [2.05, 4.69) is 20.3 Å². The monoisotopic (exact) mass is 365 g/mol. The molecule has 11 heteroatoms. The maximum Gasteiger partial charge on any atom is 0.335 e. The third-order valence-corrected chi connectivity index (χ3v) is 4.80. The number of sulfonamides is 1. The first-order chi connectivity index (χ1) is 11.9. The molecule has 0 radical (unpaired) electrons. The van der Waals surface area contributed by atoms with Gasteiger partial charge in [-0.05, 0) is 18.6 Å². The normalized spacial score (nSPS) is 13.2. The van der Waals surface area contributed by atoms with Crippen molar-refractivity contribution >= 4 is 22.0 Å². The molecule has 0 fully saturated rings. The van der Waals surface area contributed by atoms with Crippen molar-refractivity contribution in [3.8, 4) is 6.01 Å². The van der Waals surface area contributed by atoms with Gasteiger partial charge in [0.25, 0.3) is 10.0 Å². The fraction of sp³-hybridized carbons (Fsp3) is 0.286. The minimum Gasteiger partial charge on any atom is -0.467 e. The summed E-state index contributed by atoms with van der Waals surface area (Å²) in [5.74, 6) is 0.182. The molecule has 1 aromatic carbocycles. The zero-order valence-electron chi connectivity index (χ0n) is 13.4. The summed E-state index contributed by atoms with van der Waals surface area (Å²) < 4.78 is 37.0. The number of fused-ring (bicyclic) bond motifs is 1. The number of nitrogens with one attached hydrogen (secondary N) is 2. The molecule has 0 saturated carbocycles. The molecule has 0 spiro atoms. The van der Waals surface area contributed by atoms with Gasteiger partial charge in [0.05, 0.1) is 25.2 Å². The first-order valence-corrected chi connectivity index (χ1v) is 8.66. The highest BCUT2D eigenvalue weighted by molar-refractivity contribution is 7.90. The number of rotatable bonds is 4. The number of carbonyl (C=O) groups is 1. The van der Waals surface area contributed by atoms with E-state index in [1.165, 1.54) is 13.2 Å². The minimum absolute atomic E-state index is 0.00191. The molecule has 0 unspecified atom stereocenters. The lowest BCUT2D eigenvalue weighted by Crippen LogP contribution is -2.35. The molecule has 25 heavy (non-hydrogen) atoms. The standard InChI is InChI=1S/C14H15N5O5S/c1-8-15-12(18-14(16-8)23-2)17-13(20)19-25(21,22)11-5-3-4-9-6-24-7-10(9)11/h3-5H,6-7H2,1-2H3,(H2,15,16,17,18,19,20). The Bertz CT molecular complexity index is 931. The molecule has 1 aliphatic heterocycles. The molecule has 1 aromatic heterocycles. The summed E-state index contributed by atoms with van der Waals surface area (Å²) in [6.45, 7) is 2.10. The molecular weight excluding hydrogens is 350 g/mol. The van der Waals surface area contributed by atoms with Crippen LogP contribution in [-0.4, -0.2) is 36.5 Å². The van der Waals surface area contributed by atoms with Crippen LogP contribution in [0.25, 0.3) is 0 Å². The molecule has 2 heterocycles. The lowest BCUT2D eigenvalue weighted by Gasteiger charge is -2.11. The van der Waals surface area contributed by atoms with E-state index in [0.717, 1.165) is 5.56 Å². The molecule has 10 nitrogen and oxygen atoms in total. The first-order valence-electron chi connectivity index (χ1n) is 7.18. The summed E-state index contributed by atoms with van der Waals surface area (Å²) in [6.07, 6.45) is 0. The summed E-state index contributed by atoms with van der Waals surface area (Å²) in [5.41, 5.74) is 1.32. The van der Waals surface area contributed by atoms with Gasteiger partial charge >= 0.3 is 12.0 Å². The quantitative estimate of drug-likeness (QED) is 0.810. The summed E-state index contributed by atoms with van der Waals surface area (Å²) in [4.78, 5) is 23.6. The van der Waals surface area contributed by atoms with E-state index in [1.807, 2.05) is 4.72 Å². The van der Waals surface area contributed by atoms with Gasteiger partial charge in [-0.3, -0.25) is 5.32 Å². The van der Waals surface area contributed by atoms with Gasteiger partial charge in [-0.1, -0.05) is 12.1 Å². The fourth-order valence-electron chi connectivity index (χ4n) is 2.33. The molecule has 0 aliphatic carbocycles. The second-order valence-electron chi connectivity index (χ2n) is 5.14. The van der Waals surface area contributed by atoms with E-state index in [4.69, 9.17) is 9.47 Å². The maximum absolute atomic E-state index is 12.5. The molecule has 2 amide bonds. The summed E-state index contributed by atoms with van der Waals surface area (Å²) in [6, 6.07) is 3.80. The number of ether oxygens (including phenoxy) is 2. The number of aromatic nitrogens is 3. The number of hydrogen-bond donors (Lipinski definition) is 2. The van der Waals surface area contributed by atoms with Crippen LogP contribution in [-0.2, 0) is 28.0 Å². The lowest BCUT2D eigenvalue weighted by molar-refractivity contribution is 0.133. The van der Waals surface area contributed by atoms with Crippen LogP contribution in [0.1, 0.15) is 17.0 Å². The Morgan fingerprint density at radius 3 is 2.80 bits per heavy atom. The van der Waals surface area contributed by atoms with Crippen molar-refractivity contribution in [2.45, 2.75) is 25.0 Å². The molecule has 2 aromatic rings. The number of aryl methyl sites for hydroxylation is 1. The van der Waals surface area contributed by atoms with E-state index in [0.29, 0.717) is 18.0 Å². The molecule has 3 rings (SSSR count). The summed E-state index contributed by atoms with van der Waals surface area (Å²) in [5, 5.41) is 2.25. The first kappa shape index (κ1) is 17.0. The number of hydrogen-bond acceptors (Lipinski definition) is 8. The van der Waals surface area contributed by atoms with E-state index in [9.17, 15) is 13.2 Å². The molecule has 132 valence electrons. The Morgan fingerprint density at radius 2 is 2.04 bits per heavy atom. The highest BCUT2D eigenvalue weighted by Crippen LogP contribution is 2.26. The van der Waals surface area contributed by atoms with Gasteiger partial charge in [0.2, 0.25) is 5.95 Å². The van der Waals surface area contributed by atoms with Crippen LogP contribution >= 0.6 is 0 Å². The Morgan fingerprint density at radius 1 is 1.24 bits per heavy atom. The molecule has 1 aliphatic rings. The van der Waals surface area contributed by atoms with Crippen molar-refractivity contribution in [2.75, 3.05) is 12.4 Å². The smallest absolute Gasteiger partial charge is 0.335 e. The van der Waals surface area contributed by atoms with E-state index >= 15 is 0 Å². The van der Waals surface area contributed by atoms with Crippen LogP contribution in [0, 0.1) is 6.92 Å². The minimum atomic E-state index is -4.08. The van der Waals surface area contributed by atoms with Crippen LogP contribution in [0.2, 0.25) is 0 Å².